The molecule has 0 radical (unpaired) electrons. The summed E-state index contributed by atoms with van der Waals surface area (Å²) in [6, 6.07) is 14.6. The average Bonchev–Trinajstić information content (AvgIpc) is 2.38. The first-order valence-electron chi connectivity index (χ1n) is 6.23. The van der Waals surface area contributed by atoms with Crippen LogP contribution in [0.1, 0.15) is 13.3 Å². The van der Waals surface area contributed by atoms with Crippen molar-refractivity contribution in [2.75, 3.05) is 18.4 Å². The van der Waals surface area contributed by atoms with Gasteiger partial charge >= 0.3 is 0 Å². The fourth-order valence-electron chi connectivity index (χ4n) is 1.96. The van der Waals surface area contributed by atoms with Crippen LogP contribution in [0.5, 0.6) is 0 Å². The van der Waals surface area contributed by atoms with E-state index in [9.17, 15) is 4.79 Å². The summed E-state index contributed by atoms with van der Waals surface area (Å²) < 4.78 is 0. The second-order valence-electron chi connectivity index (χ2n) is 4.29. The molecule has 3 nitrogen and oxygen atoms in total. The highest BCUT2D eigenvalue weighted by Gasteiger charge is 1.98. The molecule has 2 aromatic carbocycles. The summed E-state index contributed by atoms with van der Waals surface area (Å²) in [6.45, 7) is 3.11. The van der Waals surface area contributed by atoms with E-state index in [4.69, 9.17) is 0 Å². The van der Waals surface area contributed by atoms with Crippen molar-refractivity contribution in [1.82, 2.24) is 5.32 Å². The number of amides is 1. The Bertz CT molecular complexity index is 532. The molecule has 0 bridgehead atoms. The molecule has 0 aliphatic carbocycles. The zero-order valence-electron chi connectivity index (χ0n) is 10.6. The average molecular weight is 242 g/mol. The van der Waals surface area contributed by atoms with Crippen LogP contribution < -0.4 is 10.6 Å². The van der Waals surface area contributed by atoms with Crippen LogP contribution in [0.15, 0.2) is 42.5 Å². The van der Waals surface area contributed by atoms with Crippen molar-refractivity contribution < 1.29 is 4.79 Å². The molecule has 0 fully saturated rings. The van der Waals surface area contributed by atoms with E-state index >= 15 is 0 Å². The number of hydrogen-bond acceptors (Lipinski definition) is 2. The number of nitrogens with one attached hydrogen (secondary N) is 2. The molecule has 0 spiro atoms. The van der Waals surface area contributed by atoms with E-state index in [0.29, 0.717) is 6.54 Å². The maximum absolute atomic E-state index is 10.7. The lowest BCUT2D eigenvalue weighted by molar-refractivity contribution is -0.118. The minimum atomic E-state index is 0.0279. The van der Waals surface area contributed by atoms with Gasteiger partial charge in [-0.05, 0) is 17.9 Å². The zero-order valence-corrected chi connectivity index (χ0v) is 10.6. The van der Waals surface area contributed by atoms with Crippen LogP contribution >= 0.6 is 0 Å². The van der Waals surface area contributed by atoms with Crippen molar-refractivity contribution in [2.45, 2.75) is 13.3 Å². The van der Waals surface area contributed by atoms with Gasteiger partial charge in [-0.15, -0.1) is 0 Å². The minimum Gasteiger partial charge on any atom is -0.384 e. The quantitative estimate of drug-likeness (QED) is 0.792. The highest BCUT2D eigenvalue weighted by atomic mass is 16.1. The summed E-state index contributed by atoms with van der Waals surface area (Å²) in [4.78, 5) is 10.7. The number of carbonyl (C=O) groups excluding carboxylic acids is 1. The van der Waals surface area contributed by atoms with Crippen molar-refractivity contribution in [3.63, 3.8) is 0 Å². The molecule has 94 valence electrons. The van der Waals surface area contributed by atoms with Gasteiger partial charge in [0.2, 0.25) is 5.91 Å². The van der Waals surface area contributed by atoms with Gasteiger partial charge in [-0.2, -0.15) is 0 Å². The molecule has 0 saturated heterocycles. The predicted octanol–water partition coefficient (Wildman–Crippen LogP) is 2.78. The maximum Gasteiger partial charge on any atom is 0.216 e. The van der Waals surface area contributed by atoms with Crippen molar-refractivity contribution >= 4 is 22.4 Å². The lowest BCUT2D eigenvalue weighted by atomic mass is 10.1. The Morgan fingerprint density at radius 1 is 1.06 bits per heavy atom. The smallest absolute Gasteiger partial charge is 0.216 e. The second-order valence-corrected chi connectivity index (χ2v) is 4.29. The first-order valence-corrected chi connectivity index (χ1v) is 6.23. The van der Waals surface area contributed by atoms with Crippen LogP contribution in [-0.2, 0) is 4.79 Å². The van der Waals surface area contributed by atoms with E-state index in [-0.39, 0.29) is 5.91 Å². The summed E-state index contributed by atoms with van der Waals surface area (Å²) in [5.41, 5.74) is 1.15. The Morgan fingerprint density at radius 2 is 1.83 bits per heavy atom. The third kappa shape index (κ3) is 3.23. The molecular weight excluding hydrogens is 224 g/mol. The largest absolute Gasteiger partial charge is 0.384 e. The molecule has 18 heavy (non-hydrogen) atoms. The summed E-state index contributed by atoms with van der Waals surface area (Å²) in [5.74, 6) is 0.0279. The van der Waals surface area contributed by atoms with Gasteiger partial charge in [0.1, 0.15) is 0 Å². The van der Waals surface area contributed by atoms with E-state index < -0.39 is 0 Å². The highest BCUT2D eigenvalue weighted by molar-refractivity contribution is 5.93. The Labute approximate surface area is 107 Å². The van der Waals surface area contributed by atoms with Gasteiger partial charge in [-0.1, -0.05) is 36.4 Å². The highest BCUT2D eigenvalue weighted by Crippen LogP contribution is 2.22. The number of benzene rings is 2. The summed E-state index contributed by atoms with van der Waals surface area (Å²) in [6.07, 6.45) is 0.919. The van der Waals surface area contributed by atoms with Gasteiger partial charge < -0.3 is 10.6 Å². The van der Waals surface area contributed by atoms with Crippen LogP contribution in [0.2, 0.25) is 0 Å². The standard InChI is InChI=1S/C15H18N2O/c1-12(18)16-10-5-11-17-15-9-4-7-13-6-2-3-8-14(13)15/h2-4,6-9,17H,5,10-11H2,1H3,(H,16,18). The topological polar surface area (TPSA) is 41.1 Å². The number of rotatable bonds is 5. The Balaban J connectivity index is 1.93. The third-order valence-corrected chi connectivity index (χ3v) is 2.83. The predicted molar refractivity (Wildman–Crippen MR) is 75.7 cm³/mol. The minimum absolute atomic E-state index is 0.0279. The lowest BCUT2D eigenvalue weighted by Gasteiger charge is -2.09. The molecule has 3 heteroatoms. The summed E-state index contributed by atoms with van der Waals surface area (Å²) in [7, 11) is 0. The van der Waals surface area contributed by atoms with Gasteiger partial charge in [-0.25, -0.2) is 0 Å². The van der Waals surface area contributed by atoms with Crippen molar-refractivity contribution in [3.05, 3.63) is 42.5 Å². The molecule has 0 aliphatic heterocycles. The van der Waals surface area contributed by atoms with E-state index in [2.05, 4.69) is 41.0 Å². The zero-order chi connectivity index (χ0) is 12.8. The molecule has 1 amide bonds. The van der Waals surface area contributed by atoms with Gasteiger partial charge in [0, 0.05) is 31.1 Å². The second kappa shape index (κ2) is 6.05. The molecule has 0 aliphatic rings. The molecule has 0 atom stereocenters. The van der Waals surface area contributed by atoms with Crippen LogP contribution in [0, 0.1) is 0 Å². The maximum atomic E-state index is 10.7. The third-order valence-electron chi connectivity index (χ3n) is 2.83. The van der Waals surface area contributed by atoms with Crippen LogP contribution in [0.3, 0.4) is 0 Å². The van der Waals surface area contributed by atoms with Crippen LogP contribution in [0.4, 0.5) is 5.69 Å². The Hall–Kier alpha value is -2.03. The van der Waals surface area contributed by atoms with E-state index in [1.54, 1.807) is 0 Å². The fourth-order valence-corrected chi connectivity index (χ4v) is 1.96. The normalized spacial score (nSPS) is 10.3. The lowest BCUT2D eigenvalue weighted by Crippen LogP contribution is -2.22. The van der Waals surface area contributed by atoms with E-state index in [1.165, 1.54) is 17.7 Å². The van der Waals surface area contributed by atoms with Crippen molar-refractivity contribution in [2.24, 2.45) is 0 Å². The SMILES string of the molecule is CC(=O)NCCCNc1cccc2ccccc12. The fraction of sp³-hybridized carbons (Fsp3) is 0.267. The van der Waals surface area contributed by atoms with Gasteiger partial charge in [0.15, 0.2) is 0 Å². The number of anilines is 1. The molecule has 0 saturated carbocycles. The van der Waals surface area contributed by atoms with E-state index in [0.717, 1.165) is 18.7 Å². The monoisotopic (exact) mass is 242 g/mol. The van der Waals surface area contributed by atoms with Crippen LogP contribution in [0.25, 0.3) is 10.8 Å². The molecule has 0 heterocycles. The van der Waals surface area contributed by atoms with Crippen molar-refractivity contribution in [1.29, 1.82) is 0 Å². The summed E-state index contributed by atoms with van der Waals surface area (Å²) >= 11 is 0. The van der Waals surface area contributed by atoms with Gasteiger partial charge in [0.05, 0.1) is 0 Å². The number of carbonyl (C=O) groups is 1. The van der Waals surface area contributed by atoms with E-state index in [1.807, 2.05) is 12.1 Å². The van der Waals surface area contributed by atoms with Gasteiger partial charge in [0.25, 0.3) is 0 Å². The molecule has 2 N–H and O–H groups in total. The number of hydrogen-bond donors (Lipinski definition) is 2. The Kier molecular flexibility index (Phi) is 4.18. The Morgan fingerprint density at radius 3 is 2.67 bits per heavy atom. The van der Waals surface area contributed by atoms with Gasteiger partial charge in [-0.3, -0.25) is 4.79 Å². The first kappa shape index (κ1) is 12.4. The van der Waals surface area contributed by atoms with Crippen LogP contribution in [-0.4, -0.2) is 19.0 Å². The molecule has 0 aromatic heterocycles. The van der Waals surface area contributed by atoms with Crippen molar-refractivity contribution in [3.8, 4) is 0 Å². The number of fused-ring (bicyclic) bond motifs is 1. The molecular formula is C15H18N2O. The first-order chi connectivity index (χ1) is 8.77. The molecule has 2 aromatic rings. The molecule has 0 unspecified atom stereocenters. The summed E-state index contributed by atoms with van der Waals surface area (Å²) in [5, 5.41) is 8.68. The molecule has 2 rings (SSSR count).